The number of nitrogens with one attached hydrogen (secondary N) is 1. The summed E-state index contributed by atoms with van der Waals surface area (Å²) in [5.74, 6) is -0.198. The summed E-state index contributed by atoms with van der Waals surface area (Å²) in [5.41, 5.74) is 0.0894. The smallest absolute Gasteiger partial charge is 0.310 e. The van der Waals surface area contributed by atoms with Gasteiger partial charge in [0, 0.05) is 34.9 Å². The normalized spacial score (nSPS) is 17.3. The van der Waals surface area contributed by atoms with Crippen molar-refractivity contribution in [1.82, 2.24) is 5.32 Å². The molecule has 2 rings (SSSR count). The molecule has 0 unspecified atom stereocenters. The molecule has 0 aromatic carbocycles. The molecule has 0 atom stereocenters. The monoisotopic (exact) mass is 297 g/mol. The number of aliphatic hydroxyl groups is 1. The van der Waals surface area contributed by atoms with Crippen molar-refractivity contribution in [3.8, 4) is 0 Å². The predicted octanol–water partition coefficient (Wildman–Crippen LogP) is 2.11. The van der Waals surface area contributed by atoms with Gasteiger partial charge >= 0.3 is 5.97 Å². The van der Waals surface area contributed by atoms with Gasteiger partial charge in [-0.15, -0.1) is 11.3 Å². The van der Waals surface area contributed by atoms with Crippen LogP contribution in [-0.2, 0) is 22.5 Å². The SMILES string of the molecule is COC(=O)Cc1ccc(CNCC2(CO)CCCC2)s1. The lowest BCUT2D eigenvalue weighted by atomic mass is 9.87. The highest BCUT2D eigenvalue weighted by atomic mass is 32.1. The Morgan fingerprint density at radius 3 is 2.75 bits per heavy atom. The van der Waals surface area contributed by atoms with Crippen molar-refractivity contribution in [2.24, 2.45) is 5.41 Å². The lowest BCUT2D eigenvalue weighted by Crippen LogP contribution is -2.34. The van der Waals surface area contributed by atoms with Gasteiger partial charge < -0.3 is 15.2 Å². The highest BCUT2D eigenvalue weighted by Gasteiger charge is 2.32. The Morgan fingerprint density at radius 2 is 2.10 bits per heavy atom. The van der Waals surface area contributed by atoms with E-state index < -0.39 is 0 Å². The van der Waals surface area contributed by atoms with Crippen LogP contribution in [0.1, 0.15) is 35.4 Å². The third-order valence-electron chi connectivity index (χ3n) is 4.06. The summed E-state index contributed by atoms with van der Waals surface area (Å²) in [6.07, 6.45) is 5.04. The van der Waals surface area contributed by atoms with Gasteiger partial charge in [-0.3, -0.25) is 4.79 Å². The van der Waals surface area contributed by atoms with E-state index in [9.17, 15) is 9.90 Å². The van der Waals surface area contributed by atoms with Gasteiger partial charge in [0.15, 0.2) is 0 Å². The molecule has 1 aromatic heterocycles. The molecule has 1 saturated carbocycles. The van der Waals surface area contributed by atoms with Crippen LogP contribution in [0.15, 0.2) is 12.1 Å². The average molecular weight is 297 g/mol. The first-order valence-corrected chi connectivity index (χ1v) is 7.95. The fraction of sp³-hybridized carbons (Fsp3) is 0.667. The second-order valence-corrected chi connectivity index (χ2v) is 6.84. The molecule has 0 aliphatic heterocycles. The van der Waals surface area contributed by atoms with Crippen LogP contribution in [-0.4, -0.2) is 31.3 Å². The van der Waals surface area contributed by atoms with E-state index in [4.69, 9.17) is 0 Å². The number of hydrogen-bond acceptors (Lipinski definition) is 5. The van der Waals surface area contributed by atoms with Crippen molar-refractivity contribution in [2.75, 3.05) is 20.3 Å². The first kappa shape index (κ1) is 15.5. The van der Waals surface area contributed by atoms with E-state index in [-0.39, 0.29) is 18.0 Å². The van der Waals surface area contributed by atoms with Crippen molar-refractivity contribution in [1.29, 1.82) is 0 Å². The van der Waals surface area contributed by atoms with Crippen molar-refractivity contribution >= 4 is 17.3 Å². The van der Waals surface area contributed by atoms with Crippen molar-refractivity contribution in [3.63, 3.8) is 0 Å². The van der Waals surface area contributed by atoms with E-state index in [2.05, 4.69) is 16.1 Å². The molecule has 1 aromatic rings. The molecule has 0 bridgehead atoms. The molecule has 4 nitrogen and oxygen atoms in total. The van der Waals surface area contributed by atoms with E-state index in [1.165, 1.54) is 24.8 Å². The molecule has 0 amide bonds. The summed E-state index contributed by atoms with van der Waals surface area (Å²) in [7, 11) is 1.41. The van der Waals surface area contributed by atoms with Gasteiger partial charge in [-0.1, -0.05) is 12.8 Å². The lowest BCUT2D eigenvalue weighted by Gasteiger charge is -2.26. The van der Waals surface area contributed by atoms with Gasteiger partial charge in [-0.2, -0.15) is 0 Å². The molecular weight excluding hydrogens is 274 g/mol. The molecule has 1 aliphatic rings. The average Bonchev–Trinajstić information content (AvgIpc) is 3.09. The minimum atomic E-state index is -0.198. The molecule has 5 heteroatoms. The van der Waals surface area contributed by atoms with Crippen LogP contribution in [0.25, 0.3) is 0 Å². The highest BCUT2D eigenvalue weighted by molar-refractivity contribution is 7.12. The zero-order valence-electron chi connectivity index (χ0n) is 12.0. The largest absolute Gasteiger partial charge is 0.469 e. The number of esters is 1. The molecule has 2 N–H and O–H groups in total. The first-order chi connectivity index (χ1) is 9.67. The second kappa shape index (κ2) is 7.20. The number of carbonyl (C=O) groups excluding carboxylic acids is 1. The first-order valence-electron chi connectivity index (χ1n) is 7.13. The van der Waals surface area contributed by atoms with E-state index in [0.29, 0.717) is 6.42 Å². The van der Waals surface area contributed by atoms with Crippen molar-refractivity contribution < 1.29 is 14.6 Å². The maximum Gasteiger partial charge on any atom is 0.310 e. The maximum atomic E-state index is 11.2. The molecule has 20 heavy (non-hydrogen) atoms. The summed E-state index contributed by atoms with van der Waals surface area (Å²) in [6.45, 7) is 1.94. The molecule has 0 radical (unpaired) electrons. The Balaban J connectivity index is 1.78. The molecule has 1 aliphatic carbocycles. The van der Waals surface area contributed by atoms with Gasteiger partial charge in [0.1, 0.15) is 0 Å². The predicted molar refractivity (Wildman–Crippen MR) is 79.7 cm³/mol. The van der Waals surface area contributed by atoms with Crippen LogP contribution in [0.2, 0.25) is 0 Å². The summed E-state index contributed by atoms with van der Waals surface area (Å²) in [4.78, 5) is 13.5. The van der Waals surface area contributed by atoms with E-state index in [1.807, 2.05) is 6.07 Å². The van der Waals surface area contributed by atoms with Crippen molar-refractivity contribution in [3.05, 3.63) is 21.9 Å². The van der Waals surface area contributed by atoms with Crippen LogP contribution in [0.5, 0.6) is 0 Å². The second-order valence-electron chi connectivity index (χ2n) is 5.59. The maximum absolute atomic E-state index is 11.2. The Morgan fingerprint density at radius 1 is 1.40 bits per heavy atom. The number of rotatable bonds is 7. The summed E-state index contributed by atoms with van der Waals surface area (Å²) in [5, 5.41) is 13.0. The Labute approximate surface area is 124 Å². The van der Waals surface area contributed by atoms with Crippen LogP contribution >= 0.6 is 11.3 Å². The minimum Gasteiger partial charge on any atom is -0.469 e. The van der Waals surface area contributed by atoms with Gasteiger partial charge in [0.2, 0.25) is 0 Å². The molecule has 0 spiro atoms. The number of carbonyl (C=O) groups is 1. The number of ether oxygens (including phenoxy) is 1. The number of aliphatic hydroxyl groups excluding tert-OH is 1. The fourth-order valence-electron chi connectivity index (χ4n) is 2.79. The molecule has 0 saturated heterocycles. The third-order valence-corrected chi connectivity index (χ3v) is 5.15. The lowest BCUT2D eigenvalue weighted by molar-refractivity contribution is -0.139. The standard InChI is InChI=1S/C15H23NO3S/c1-19-14(18)8-12-4-5-13(20-12)9-16-10-15(11-17)6-2-3-7-15/h4-5,16-17H,2-3,6-11H2,1H3. The highest BCUT2D eigenvalue weighted by Crippen LogP contribution is 2.37. The minimum absolute atomic E-state index is 0.0894. The van der Waals surface area contributed by atoms with Crippen LogP contribution in [0, 0.1) is 5.41 Å². The number of methoxy groups -OCH3 is 1. The molecular formula is C15H23NO3S. The topological polar surface area (TPSA) is 58.6 Å². The van der Waals surface area contributed by atoms with Gasteiger partial charge in [-0.25, -0.2) is 0 Å². The number of thiophene rings is 1. The Hall–Kier alpha value is -0.910. The molecule has 112 valence electrons. The number of hydrogen-bond donors (Lipinski definition) is 2. The van der Waals surface area contributed by atoms with E-state index in [1.54, 1.807) is 11.3 Å². The Kier molecular flexibility index (Phi) is 5.57. The zero-order valence-corrected chi connectivity index (χ0v) is 12.8. The third kappa shape index (κ3) is 4.04. The quantitative estimate of drug-likeness (QED) is 0.757. The summed E-state index contributed by atoms with van der Waals surface area (Å²) < 4.78 is 4.66. The van der Waals surface area contributed by atoms with Crippen molar-refractivity contribution in [2.45, 2.75) is 38.6 Å². The zero-order chi connectivity index (χ0) is 14.4. The molecule has 1 fully saturated rings. The van der Waals surface area contributed by atoms with Gasteiger partial charge in [0.05, 0.1) is 13.5 Å². The van der Waals surface area contributed by atoms with Gasteiger partial charge in [0.25, 0.3) is 0 Å². The summed E-state index contributed by atoms with van der Waals surface area (Å²) in [6, 6.07) is 4.03. The van der Waals surface area contributed by atoms with E-state index in [0.717, 1.165) is 30.8 Å². The van der Waals surface area contributed by atoms with E-state index >= 15 is 0 Å². The van der Waals surface area contributed by atoms with Crippen LogP contribution < -0.4 is 5.32 Å². The Bertz CT molecular complexity index is 438. The van der Waals surface area contributed by atoms with Crippen LogP contribution in [0.3, 0.4) is 0 Å². The fourth-order valence-corrected chi connectivity index (χ4v) is 3.77. The summed E-state index contributed by atoms with van der Waals surface area (Å²) >= 11 is 1.64. The van der Waals surface area contributed by atoms with Gasteiger partial charge in [-0.05, 0) is 25.0 Å². The molecule has 1 heterocycles. The van der Waals surface area contributed by atoms with Crippen LogP contribution in [0.4, 0.5) is 0 Å².